The standard InChI is InChI=1S/C16H24N4O2S.HI/c21-23(22,20-10-2-1-3-11-20)15-7-4-6-14(12-15)13-19-16-17-8-5-9-18-16;/h4,6-7,12H,1-3,5,8-11,13H2,(H2,17,18,19);1H. The second-order valence-electron chi connectivity index (χ2n) is 5.98. The maximum Gasteiger partial charge on any atom is 0.243 e. The van der Waals surface area contributed by atoms with Gasteiger partial charge < -0.3 is 10.6 Å². The quantitative estimate of drug-likeness (QED) is 0.668. The molecule has 0 spiro atoms. The summed E-state index contributed by atoms with van der Waals surface area (Å²) >= 11 is 0. The second kappa shape index (κ2) is 9.00. The zero-order chi connectivity index (χ0) is 16.1. The maximum absolute atomic E-state index is 12.7. The number of benzene rings is 1. The van der Waals surface area contributed by atoms with Gasteiger partial charge in [-0.25, -0.2) is 8.42 Å². The van der Waals surface area contributed by atoms with E-state index in [0.717, 1.165) is 50.3 Å². The number of piperidine rings is 1. The molecule has 1 aromatic rings. The molecule has 2 aliphatic rings. The Bertz CT molecular complexity index is 672. The molecule has 1 saturated heterocycles. The number of guanidine groups is 1. The predicted molar refractivity (Wildman–Crippen MR) is 106 cm³/mol. The van der Waals surface area contributed by atoms with Crippen molar-refractivity contribution in [2.45, 2.75) is 37.1 Å². The predicted octanol–water partition coefficient (Wildman–Crippen LogP) is 1.92. The molecule has 0 aliphatic carbocycles. The van der Waals surface area contributed by atoms with Gasteiger partial charge in [-0.15, -0.1) is 24.0 Å². The summed E-state index contributed by atoms with van der Waals surface area (Å²) < 4.78 is 27.0. The highest BCUT2D eigenvalue weighted by atomic mass is 127. The van der Waals surface area contributed by atoms with Crippen molar-refractivity contribution in [1.82, 2.24) is 14.9 Å². The number of hydrogen-bond donors (Lipinski definition) is 2. The Morgan fingerprint density at radius 3 is 2.67 bits per heavy atom. The fourth-order valence-corrected chi connectivity index (χ4v) is 4.49. The molecule has 0 radical (unpaired) electrons. The van der Waals surface area contributed by atoms with Crippen molar-refractivity contribution < 1.29 is 8.42 Å². The Morgan fingerprint density at radius 2 is 1.96 bits per heavy atom. The average molecular weight is 464 g/mol. The summed E-state index contributed by atoms with van der Waals surface area (Å²) in [5.74, 6) is 0.792. The van der Waals surface area contributed by atoms with Gasteiger partial charge in [-0.2, -0.15) is 4.31 Å². The second-order valence-corrected chi connectivity index (χ2v) is 7.91. The number of nitrogens with one attached hydrogen (secondary N) is 2. The van der Waals surface area contributed by atoms with E-state index in [9.17, 15) is 8.42 Å². The van der Waals surface area contributed by atoms with Crippen LogP contribution in [0.4, 0.5) is 0 Å². The summed E-state index contributed by atoms with van der Waals surface area (Å²) in [7, 11) is -3.37. The lowest BCUT2D eigenvalue weighted by Crippen LogP contribution is -2.40. The largest absolute Gasteiger partial charge is 0.356 e. The van der Waals surface area contributed by atoms with Crippen molar-refractivity contribution in [3.8, 4) is 0 Å². The van der Waals surface area contributed by atoms with Gasteiger partial charge in [-0.3, -0.25) is 4.99 Å². The summed E-state index contributed by atoms with van der Waals surface area (Å²) in [5.41, 5.74) is 0.943. The average Bonchev–Trinajstić information content (AvgIpc) is 2.62. The molecule has 2 heterocycles. The lowest BCUT2D eigenvalue weighted by atomic mass is 10.2. The third kappa shape index (κ3) is 4.82. The molecule has 2 N–H and O–H groups in total. The van der Waals surface area contributed by atoms with E-state index >= 15 is 0 Å². The van der Waals surface area contributed by atoms with Crippen LogP contribution in [0, 0.1) is 0 Å². The van der Waals surface area contributed by atoms with E-state index in [1.165, 1.54) is 0 Å². The van der Waals surface area contributed by atoms with Crippen LogP contribution in [0.5, 0.6) is 0 Å². The van der Waals surface area contributed by atoms with Crippen LogP contribution in [0.1, 0.15) is 31.2 Å². The molecule has 1 aromatic carbocycles. The van der Waals surface area contributed by atoms with Gasteiger partial charge in [0, 0.05) is 32.7 Å². The van der Waals surface area contributed by atoms with Gasteiger partial charge in [0.15, 0.2) is 5.96 Å². The molecule has 1 fully saturated rings. The highest BCUT2D eigenvalue weighted by Gasteiger charge is 2.25. The van der Waals surface area contributed by atoms with Crippen LogP contribution >= 0.6 is 24.0 Å². The van der Waals surface area contributed by atoms with Crippen molar-refractivity contribution in [3.63, 3.8) is 0 Å². The third-order valence-corrected chi connectivity index (χ3v) is 6.10. The van der Waals surface area contributed by atoms with Gasteiger partial charge in [0.2, 0.25) is 10.0 Å². The van der Waals surface area contributed by atoms with Gasteiger partial charge in [0.25, 0.3) is 0 Å². The molecule has 6 nitrogen and oxygen atoms in total. The summed E-state index contributed by atoms with van der Waals surface area (Å²) in [4.78, 5) is 4.74. The van der Waals surface area contributed by atoms with Crippen molar-refractivity contribution in [1.29, 1.82) is 0 Å². The van der Waals surface area contributed by atoms with Crippen molar-refractivity contribution in [3.05, 3.63) is 29.8 Å². The lowest BCUT2D eigenvalue weighted by Gasteiger charge is -2.26. The number of sulfonamides is 1. The van der Waals surface area contributed by atoms with Crippen LogP contribution in [0.15, 0.2) is 34.2 Å². The normalized spacial score (nSPS) is 18.9. The molecule has 0 amide bonds. The van der Waals surface area contributed by atoms with Gasteiger partial charge in [-0.1, -0.05) is 18.6 Å². The van der Waals surface area contributed by atoms with E-state index in [4.69, 9.17) is 0 Å². The zero-order valence-corrected chi connectivity index (χ0v) is 16.8. The number of aliphatic imine (C=N–C) groups is 1. The highest BCUT2D eigenvalue weighted by Crippen LogP contribution is 2.21. The Labute approximate surface area is 161 Å². The number of nitrogens with zero attached hydrogens (tertiary/aromatic N) is 2. The summed E-state index contributed by atoms with van der Waals surface area (Å²) in [6, 6.07) is 7.19. The highest BCUT2D eigenvalue weighted by molar-refractivity contribution is 14.0. The van der Waals surface area contributed by atoms with Crippen LogP contribution in [0.2, 0.25) is 0 Å². The monoisotopic (exact) mass is 464 g/mol. The molecule has 0 unspecified atom stereocenters. The first-order valence-electron chi connectivity index (χ1n) is 8.27. The fourth-order valence-electron chi connectivity index (χ4n) is 2.91. The molecule has 134 valence electrons. The molecule has 3 rings (SSSR count). The minimum Gasteiger partial charge on any atom is -0.356 e. The maximum atomic E-state index is 12.7. The fraction of sp³-hybridized carbons (Fsp3) is 0.562. The molecule has 24 heavy (non-hydrogen) atoms. The molecule has 2 aliphatic heterocycles. The molecular weight excluding hydrogens is 439 g/mol. The molecule has 0 atom stereocenters. The first-order valence-corrected chi connectivity index (χ1v) is 9.71. The van der Waals surface area contributed by atoms with Gasteiger partial charge >= 0.3 is 0 Å². The molecule has 0 bridgehead atoms. The van der Waals surface area contributed by atoms with Crippen LogP contribution in [-0.2, 0) is 16.6 Å². The van der Waals surface area contributed by atoms with Crippen molar-refractivity contribution >= 4 is 40.0 Å². The van der Waals surface area contributed by atoms with Crippen molar-refractivity contribution in [2.75, 3.05) is 26.2 Å². The number of halogens is 1. The van der Waals surface area contributed by atoms with Gasteiger partial charge in [-0.05, 0) is 37.0 Å². The first kappa shape index (κ1) is 19.5. The minimum atomic E-state index is -3.37. The zero-order valence-electron chi connectivity index (χ0n) is 13.7. The third-order valence-electron chi connectivity index (χ3n) is 4.21. The summed E-state index contributed by atoms with van der Waals surface area (Å²) in [5, 5.41) is 6.42. The first-order chi connectivity index (χ1) is 11.2. The van der Waals surface area contributed by atoms with E-state index in [-0.39, 0.29) is 24.0 Å². The SMILES string of the molecule is I.O=S(=O)(c1cccc(CNC2=NCCCN2)c1)N1CCCCC1. The lowest BCUT2D eigenvalue weighted by molar-refractivity contribution is 0.346. The molecule has 0 aromatic heterocycles. The van der Waals surface area contributed by atoms with Crippen molar-refractivity contribution in [2.24, 2.45) is 4.99 Å². The molecule has 8 heteroatoms. The Morgan fingerprint density at radius 1 is 1.17 bits per heavy atom. The summed E-state index contributed by atoms with van der Waals surface area (Å²) in [6.45, 7) is 3.58. The van der Waals surface area contributed by atoms with E-state index in [2.05, 4.69) is 15.6 Å². The van der Waals surface area contributed by atoms with Crippen LogP contribution < -0.4 is 10.6 Å². The molecular formula is C16H25IN4O2S. The van der Waals surface area contributed by atoms with Gasteiger partial charge in [0.1, 0.15) is 0 Å². The Kier molecular flexibility index (Phi) is 7.30. The van der Waals surface area contributed by atoms with Crippen LogP contribution in [-0.4, -0.2) is 44.9 Å². The van der Waals surface area contributed by atoms with Gasteiger partial charge in [0.05, 0.1) is 4.90 Å². The smallest absolute Gasteiger partial charge is 0.243 e. The van der Waals surface area contributed by atoms with E-state index in [1.807, 2.05) is 12.1 Å². The van der Waals surface area contributed by atoms with Crippen LogP contribution in [0.25, 0.3) is 0 Å². The Hall–Kier alpha value is -0.870. The summed E-state index contributed by atoms with van der Waals surface area (Å²) in [6.07, 6.45) is 4.07. The Balaban J connectivity index is 0.00000208. The molecule has 0 saturated carbocycles. The van der Waals surface area contributed by atoms with Crippen LogP contribution in [0.3, 0.4) is 0 Å². The minimum absolute atomic E-state index is 0. The topological polar surface area (TPSA) is 73.8 Å². The number of rotatable bonds is 4. The number of hydrogen-bond acceptors (Lipinski definition) is 5. The van der Waals surface area contributed by atoms with E-state index < -0.39 is 10.0 Å². The van der Waals surface area contributed by atoms with E-state index in [0.29, 0.717) is 24.5 Å². The van der Waals surface area contributed by atoms with E-state index in [1.54, 1.807) is 16.4 Å².